The van der Waals surface area contributed by atoms with E-state index in [1.807, 2.05) is 0 Å². The van der Waals surface area contributed by atoms with Gasteiger partial charge in [0.05, 0.1) is 0 Å². The molecule has 0 N–H and O–H groups in total. The van der Waals surface area contributed by atoms with E-state index in [9.17, 15) is 10.4 Å². The van der Waals surface area contributed by atoms with Crippen molar-refractivity contribution in [2.24, 2.45) is 20.8 Å². The van der Waals surface area contributed by atoms with Crippen molar-refractivity contribution < 1.29 is 18.4 Å². The first-order valence-electron chi connectivity index (χ1n) is 4.61. The van der Waals surface area contributed by atoms with Gasteiger partial charge in [-0.3, -0.25) is 9.05 Å². The van der Waals surface area contributed by atoms with E-state index in [2.05, 4.69) is 40.4 Å². The van der Waals surface area contributed by atoms with Gasteiger partial charge in [-0.05, 0) is 9.36 Å². The van der Waals surface area contributed by atoms with Crippen molar-refractivity contribution in [1.82, 2.24) is 10.5 Å². The van der Waals surface area contributed by atoms with Gasteiger partial charge in [-0.1, -0.05) is 0 Å². The lowest BCUT2D eigenvalue weighted by Gasteiger charge is -1.81. The molecule has 2 rings (SSSR count). The van der Waals surface area contributed by atoms with E-state index in [1.54, 1.807) is 0 Å². The Morgan fingerprint density at radius 1 is 0.944 bits per heavy atom. The van der Waals surface area contributed by atoms with Crippen molar-refractivity contribution in [2.45, 2.75) is 13.1 Å². The fraction of sp³-hybridized carbons (Fsp3) is 0.333. The molecule has 0 unspecified atom stereocenters. The highest BCUT2D eigenvalue weighted by Gasteiger charge is 2.17. The minimum absolute atomic E-state index is 0.00371. The van der Waals surface area contributed by atoms with E-state index in [1.165, 1.54) is 21.8 Å². The molecule has 0 amide bonds. The van der Waals surface area contributed by atoms with E-state index < -0.39 is 0 Å². The summed E-state index contributed by atoms with van der Waals surface area (Å²) in [7, 11) is 0. The summed E-state index contributed by atoms with van der Waals surface area (Å²) in [4.78, 5) is 0. The smallest absolute Gasteiger partial charge is 0.339 e. The average molecular weight is 254 g/mol. The van der Waals surface area contributed by atoms with Crippen molar-refractivity contribution in [1.29, 1.82) is 0 Å². The Labute approximate surface area is 98.3 Å². The van der Waals surface area contributed by atoms with Gasteiger partial charge in [-0.25, -0.2) is 10.6 Å². The molecule has 0 radical (unpaired) electrons. The first kappa shape index (κ1) is 11.6. The van der Waals surface area contributed by atoms with E-state index in [4.69, 9.17) is 0 Å². The molecule has 0 aliphatic rings. The molecule has 0 atom stereocenters. The fourth-order valence-corrected chi connectivity index (χ4v) is 1.12. The van der Waals surface area contributed by atoms with E-state index in [-0.39, 0.29) is 11.8 Å². The average Bonchev–Trinajstić information content (AvgIpc) is 2.97. The highest BCUT2D eigenvalue weighted by Crippen LogP contribution is 2.06. The number of aryl methyl sites for hydroxylation is 2. The Balaban J connectivity index is 1.93. The van der Waals surface area contributed by atoms with Crippen LogP contribution in [-0.4, -0.2) is 10.5 Å². The van der Waals surface area contributed by atoms with Crippen LogP contribution in [0.5, 0.6) is 0 Å². The van der Waals surface area contributed by atoms with Crippen LogP contribution in [-0.2, 0) is 13.1 Å². The zero-order chi connectivity index (χ0) is 12.8. The van der Waals surface area contributed by atoms with Crippen LogP contribution in [0.1, 0.15) is 0 Å². The topological polar surface area (TPSA) is 155 Å². The van der Waals surface area contributed by atoms with Crippen LogP contribution in [0.2, 0.25) is 0 Å². The predicted molar refractivity (Wildman–Crippen MR) is 49.2 cm³/mol. The van der Waals surface area contributed by atoms with Crippen LogP contribution in [0.4, 0.5) is 11.8 Å². The Bertz CT molecular complexity index is 509. The van der Waals surface area contributed by atoms with Gasteiger partial charge in [0.2, 0.25) is 23.6 Å². The van der Waals surface area contributed by atoms with Crippen LogP contribution in [0.3, 0.4) is 0 Å². The third-order valence-corrected chi connectivity index (χ3v) is 1.83. The molecule has 0 aromatic carbocycles. The van der Waals surface area contributed by atoms with Crippen molar-refractivity contribution in [3.8, 4) is 0 Å². The van der Waals surface area contributed by atoms with Crippen molar-refractivity contribution in [3.05, 3.63) is 22.8 Å². The summed E-state index contributed by atoms with van der Waals surface area (Å²) in [5.41, 5.74) is 0. The Kier molecular flexibility index (Phi) is 3.48. The normalized spacial score (nSPS) is 11.8. The standard InChI is InChI=1S/C6H6N8O4/c15-9-7-5-3-13(11-17-5)1-2-14-4-6(8-10-16)18-12-14/h3-4H,1-2H2. The molecular weight excluding hydrogens is 248 g/mol. The Morgan fingerprint density at radius 3 is 1.78 bits per heavy atom. The predicted octanol–water partition coefficient (Wildman–Crippen LogP) is 0.101. The number of rotatable bonds is 5. The van der Waals surface area contributed by atoms with Crippen molar-refractivity contribution >= 4 is 11.8 Å². The maximum atomic E-state index is 9.84. The van der Waals surface area contributed by atoms with Gasteiger partial charge < -0.3 is 10.4 Å². The lowest BCUT2D eigenvalue weighted by molar-refractivity contribution is -0.837. The maximum absolute atomic E-state index is 9.84. The molecule has 0 bridgehead atoms. The summed E-state index contributed by atoms with van der Waals surface area (Å²) in [5.74, 6) is -0.00741. The van der Waals surface area contributed by atoms with Crippen LogP contribution in [0.15, 0.2) is 42.2 Å². The molecule has 0 saturated carbocycles. The molecule has 12 nitrogen and oxygen atoms in total. The molecule has 12 heteroatoms. The molecule has 2 aromatic rings. The number of hydrogen-bond acceptors (Lipinski definition) is 10. The summed E-state index contributed by atoms with van der Waals surface area (Å²) < 4.78 is 12.1. The van der Waals surface area contributed by atoms with Gasteiger partial charge in [-0.2, -0.15) is 0 Å². The van der Waals surface area contributed by atoms with E-state index in [0.717, 1.165) is 0 Å². The monoisotopic (exact) mass is 254 g/mol. The molecule has 0 saturated heterocycles. The second-order valence-electron chi connectivity index (χ2n) is 2.97. The summed E-state index contributed by atoms with van der Waals surface area (Å²) in [6, 6.07) is 0. The maximum Gasteiger partial charge on any atom is 0.339 e. The van der Waals surface area contributed by atoms with Crippen LogP contribution >= 0.6 is 0 Å². The molecular formula is C6H6N8O4. The van der Waals surface area contributed by atoms with Gasteiger partial charge in [0, 0.05) is 0 Å². The molecule has 0 spiro atoms. The zero-order valence-electron chi connectivity index (χ0n) is 8.78. The minimum atomic E-state index is -0.00371. The highest BCUT2D eigenvalue weighted by molar-refractivity contribution is 5.10. The van der Waals surface area contributed by atoms with Gasteiger partial charge in [0.15, 0.2) is 0 Å². The molecule has 2 aromatic heterocycles. The van der Waals surface area contributed by atoms with Crippen LogP contribution in [0.25, 0.3) is 0 Å². The first-order chi connectivity index (χ1) is 8.81. The highest BCUT2D eigenvalue weighted by atomic mass is 16.5. The van der Waals surface area contributed by atoms with Crippen LogP contribution < -0.4 is 9.36 Å². The summed E-state index contributed by atoms with van der Waals surface area (Å²) in [6.45, 7) is 0.756. The molecule has 94 valence electrons. The minimum Gasteiger partial charge on any atom is -0.775 e. The first-order valence-corrected chi connectivity index (χ1v) is 4.61. The lowest BCUT2D eigenvalue weighted by atomic mass is 10.6. The second kappa shape index (κ2) is 5.42. The Hall–Kier alpha value is -2.92. The number of hydrogen-bond donors (Lipinski definition) is 0. The summed E-state index contributed by atoms with van der Waals surface area (Å²) in [5, 5.41) is 37.7. The molecule has 18 heavy (non-hydrogen) atoms. The zero-order valence-corrected chi connectivity index (χ0v) is 8.78. The fourth-order valence-electron chi connectivity index (χ4n) is 1.12. The third kappa shape index (κ3) is 2.81. The lowest BCUT2D eigenvalue weighted by Crippen LogP contribution is -2.45. The van der Waals surface area contributed by atoms with Crippen LogP contribution in [0, 0.1) is 10.4 Å². The molecule has 0 aliphatic carbocycles. The van der Waals surface area contributed by atoms with Gasteiger partial charge in [0.1, 0.15) is 0 Å². The Morgan fingerprint density at radius 2 is 1.39 bits per heavy atom. The SMILES string of the molecule is [O-]/N=N/c1c[n+](CC[n+]2cc(/N=N/[O-])on2)no1. The number of aromatic nitrogens is 4. The van der Waals surface area contributed by atoms with E-state index >= 15 is 0 Å². The van der Waals surface area contributed by atoms with E-state index in [0.29, 0.717) is 13.1 Å². The van der Waals surface area contributed by atoms with Crippen molar-refractivity contribution in [2.75, 3.05) is 0 Å². The largest absolute Gasteiger partial charge is 0.775 e. The van der Waals surface area contributed by atoms with Gasteiger partial charge in [0.25, 0.3) is 12.4 Å². The molecule has 2 heterocycles. The van der Waals surface area contributed by atoms with Gasteiger partial charge in [-0.15, -0.1) is 10.2 Å². The molecule has 0 fully saturated rings. The second-order valence-corrected chi connectivity index (χ2v) is 2.97. The molecule has 0 aliphatic heterocycles. The summed E-state index contributed by atoms with van der Waals surface area (Å²) >= 11 is 0. The summed E-state index contributed by atoms with van der Waals surface area (Å²) in [6.07, 6.45) is 2.78. The number of nitrogens with zero attached hydrogens (tertiary/aromatic N) is 8. The quantitative estimate of drug-likeness (QED) is 0.418. The third-order valence-electron chi connectivity index (χ3n) is 1.83. The van der Waals surface area contributed by atoms with Gasteiger partial charge >= 0.3 is 11.8 Å². The van der Waals surface area contributed by atoms with Crippen molar-refractivity contribution in [3.63, 3.8) is 0 Å².